The van der Waals surface area contributed by atoms with Crippen molar-refractivity contribution in [3.8, 4) is 0 Å². The number of nitrogens with zero attached hydrogens (tertiary/aromatic N) is 1. The second-order valence-corrected chi connectivity index (χ2v) is 5.43. The van der Waals surface area contributed by atoms with E-state index in [9.17, 15) is 9.59 Å². The summed E-state index contributed by atoms with van der Waals surface area (Å²) in [5.74, 6) is -0.432. The number of halogens is 2. The maximum atomic E-state index is 11.5. The van der Waals surface area contributed by atoms with E-state index in [0.717, 1.165) is 4.90 Å². The van der Waals surface area contributed by atoms with Gasteiger partial charge >= 0.3 is 0 Å². The fourth-order valence-corrected chi connectivity index (χ4v) is 2.81. The largest absolute Gasteiger partial charge is 0.283 e. The molecule has 12 heavy (non-hydrogen) atoms. The molecule has 2 unspecified atom stereocenters. The van der Waals surface area contributed by atoms with Crippen LogP contribution in [-0.2, 0) is 9.59 Å². The first-order valence-electron chi connectivity index (χ1n) is 3.34. The lowest BCUT2D eigenvalue weighted by atomic mass is 9.84. The predicted octanol–water partition coefficient (Wildman–Crippen LogP) is 0.822. The number of amides is 2. The predicted molar refractivity (Wildman–Crippen MR) is 50.2 cm³/mol. The van der Waals surface area contributed by atoms with Gasteiger partial charge in [-0.3, -0.25) is 14.5 Å². The summed E-state index contributed by atoms with van der Waals surface area (Å²) >= 11 is 6.50. The van der Waals surface area contributed by atoms with E-state index in [1.807, 2.05) is 0 Å². The Morgan fingerprint density at radius 1 is 1.17 bits per heavy atom. The molecule has 0 bridgehead atoms. The van der Waals surface area contributed by atoms with E-state index in [-0.39, 0.29) is 11.8 Å². The summed E-state index contributed by atoms with van der Waals surface area (Å²) in [6.45, 7) is 0. The van der Waals surface area contributed by atoms with Gasteiger partial charge in [0.15, 0.2) is 8.65 Å². The molecule has 5 heteroatoms. The highest BCUT2D eigenvalue weighted by Crippen LogP contribution is 2.54. The van der Waals surface area contributed by atoms with Crippen molar-refractivity contribution in [2.24, 2.45) is 0 Å². The van der Waals surface area contributed by atoms with Crippen molar-refractivity contribution in [2.75, 3.05) is 7.05 Å². The number of carbonyl (C=O) groups is 2. The van der Waals surface area contributed by atoms with E-state index in [1.54, 1.807) is 12.2 Å². The van der Waals surface area contributed by atoms with Gasteiger partial charge in [-0.2, -0.15) is 0 Å². The molecule has 2 aliphatic rings. The average molecular weight is 295 g/mol. The van der Waals surface area contributed by atoms with Gasteiger partial charge in [0.05, 0.1) is 0 Å². The van der Waals surface area contributed by atoms with Gasteiger partial charge in [0.2, 0.25) is 0 Å². The van der Waals surface area contributed by atoms with Crippen LogP contribution >= 0.6 is 31.9 Å². The lowest BCUT2D eigenvalue weighted by Gasteiger charge is -2.34. The molecule has 1 fully saturated rings. The third-order valence-corrected chi connectivity index (χ3v) is 5.29. The molecule has 0 spiro atoms. The average Bonchev–Trinajstić information content (AvgIpc) is 2.14. The molecule has 1 heterocycles. The zero-order chi connectivity index (χ0) is 9.15. The minimum Gasteiger partial charge on any atom is -0.283 e. The fraction of sp³-hybridized carbons (Fsp3) is 0.429. The molecule has 64 valence electrons. The van der Waals surface area contributed by atoms with Crippen molar-refractivity contribution in [3.63, 3.8) is 0 Å². The molecule has 1 aliphatic carbocycles. The molecular formula is C7H5Br2NO2. The summed E-state index contributed by atoms with van der Waals surface area (Å²) in [4.78, 5) is 24.1. The van der Waals surface area contributed by atoms with Crippen LogP contribution in [0.25, 0.3) is 0 Å². The summed E-state index contributed by atoms with van der Waals surface area (Å²) in [5.41, 5.74) is 0. The number of hydrogen-bond donors (Lipinski definition) is 0. The van der Waals surface area contributed by atoms with Crippen molar-refractivity contribution < 1.29 is 9.59 Å². The number of rotatable bonds is 0. The number of likely N-dealkylation sites (tertiary alicyclic amines) is 1. The van der Waals surface area contributed by atoms with E-state index in [0.29, 0.717) is 0 Å². The smallest absolute Gasteiger partial charge is 0.252 e. The molecule has 0 aromatic heterocycles. The zero-order valence-electron chi connectivity index (χ0n) is 6.17. The van der Waals surface area contributed by atoms with Gasteiger partial charge in [0.25, 0.3) is 11.8 Å². The molecule has 0 N–H and O–H groups in total. The third-order valence-electron chi connectivity index (χ3n) is 2.30. The number of hydrogen-bond acceptors (Lipinski definition) is 2. The molecule has 2 atom stereocenters. The molecule has 0 aromatic carbocycles. The highest BCUT2D eigenvalue weighted by atomic mass is 79.9. The standard InChI is InChI=1S/C7H5Br2NO2/c1-10-4(11)6(8)2-3-7(6,9)5(10)12/h2-3H,1H3. The molecule has 2 rings (SSSR count). The maximum absolute atomic E-state index is 11.5. The van der Waals surface area contributed by atoms with Crippen LogP contribution in [0.5, 0.6) is 0 Å². The van der Waals surface area contributed by atoms with Gasteiger partial charge in [-0.15, -0.1) is 0 Å². The Hall–Kier alpha value is -0.160. The van der Waals surface area contributed by atoms with Crippen molar-refractivity contribution in [3.05, 3.63) is 12.2 Å². The van der Waals surface area contributed by atoms with Gasteiger partial charge in [0.1, 0.15) is 0 Å². The summed E-state index contributed by atoms with van der Waals surface area (Å²) in [6, 6.07) is 0. The van der Waals surface area contributed by atoms with E-state index in [2.05, 4.69) is 31.9 Å². The Bertz CT molecular complexity index is 297. The monoisotopic (exact) mass is 293 g/mol. The van der Waals surface area contributed by atoms with Gasteiger partial charge < -0.3 is 0 Å². The normalized spacial score (nSPS) is 44.8. The van der Waals surface area contributed by atoms with Crippen LogP contribution in [0.2, 0.25) is 0 Å². The van der Waals surface area contributed by atoms with Crippen molar-refractivity contribution in [2.45, 2.75) is 8.65 Å². The zero-order valence-corrected chi connectivity index (χ0v) is 9.35. The van der Waals surface area contributed by atoms with Gasteiger partial charge in [-0.25, -0.2) is 0 Å². The van der Waals surface area contributed by atoms with Gasteiger partial charge in [-0.05, 0) is 0 Å². The summed E-state index contributed by atoms with van der Waals surface area (Å²) < 4.78 is -1.68. The number of carbonyl (C=O) groups excluding carboxylic acids is 2. The Labute approximate surface area is 86.0 Å². The number of imide groups is 1. The van der Waals surface area contributed by atoms with Crippen LogP contribution in [0.4, 0.5) is 0 Å². The van der Waals surface area contributed by atoms with E-state index in [1.165, 1.54) is 7.05 Å². The Balaban J connectivity index is 2.59. The van der Waals surface area contributed by atoms with Crippen molar-refractivity contribution in [1.82, 2.24) is 4.90 Å². The lowest BCUT2D eigenvalue weighted by Crippen LogP contribution is -2.51. The Kier molecular flexibility index (Phi) is 1.41. The van der Waals surface area contributed by atoms with Gasteiger partial charge in [-0.1, -0.05) is 44.0 Å². The molecule has 1 saturated heterocycles. The summed E-state index contributed by atoms with van der Waals surface area (Å²) in [5, 5.41) is 0. The molecule has 0 radical (unpaired) electrons. The first-order chi connectivity index (χ1) is 5.43. The molecule has 3 nitrogen and oxygen atoms in total. The Morgan fingerprint density at radius 2 is 1.50 bits per heavy atom. The number of alkyl halides is 2. The molecular weight excluding hydrogens is 290 g/mol. The Morgan fingerprint density at radius 3 is 1.67 bits per heavy atom. The fourth-order valence-electron chi connectivity index (χ4n) is 1.41. The summed E-state index contributed by atoms with van der Waals surface area (Å²) in [6.07, 6.45) is 3.37. The quantitative estimate of drug-likeness (QED) is 0.377. The van der Waals surface area contributed by atoms with Crippen LogP contribution in [0.15, 0.2) is 12.2 Å². The van der Waals surface area contributed by atoms with Crippen LogP contribution in [0.1, 0.15) is 0 Å². The topological polar surface area (TPSA) is 37.4 Å². The SMILES string of the molecule is CN1C(=O)C2(Br)C=CC2(Br)C1=O. The second kappa shape index (κ2) is 2.01. The third kappa shape index (κ3) is 0.599. The lowest BCUT2D eigenvalue weighted by molar-refractivity contribution is -0.137. The van der Waals surface area contributed by atoms with Crippen molar-refractivity contribution >= 4 is 43.7 Å². The van der Waals surface area contributed by atoms with Crippen LogP contribution in [0, 0.1) is 0 Å². The van der Waals surface area contributed by atoms with E-state index < -0.39 is 8.65 Å². The van der Waals surface area contributed by atoms with Crippen LogP contribution in [0.3, 0.4) is 0 Å². The molecule has 0 saturated carbocycles. The number of fused-ring (bicyclic) bond motifs is 1. The second-order valence-electron chi connectivity index (χ2n) is 2.93. The van der Waals surface area contributed by atoms with E-state index >= 15 is 0 Å². The minimum atomic E-state index is -0.841. The summed E-state index contributed by atoms with van der Waals surface area (Å²) in [7, 11) is 1.48. The maximum Gasteiger partial charge on any atom is 0.252 e. The molecule has 2 amide bonds. The molecule has 0 aromatic rings. The van der Waals surface area contributed by atoms with Crippen LogP contribution < -0.4 is 0 Å². The molecule has 1 aliphatic heterocycles. The highest BCUT2D eigenvalue weighted by Gasteiger charge is 2.69. The highest BCUT2D eigenvalue weighted by molar-refractivity contribution is 9.13. The van der Waals surface area contributed by atoms with Crippen molar-refractivity contribution in [1.29, 1.82) is 0 Å². The van der Waals surface area contributed by atoms with Gasteiger partial charge in [0, 0.05) is 7.05 Å². The van der Waals surface area contributed by atoms with Crippen LogP contribution in [-0.4, -0.2) is 32.4 Å². The first kappa shape index (κ1) is 8.44. The first-order valence-corrected chi connectivity index (χ1v) is 4.93. The minimum absolute atomic E-state index is 0.216. The van der Waals surface area contributed by atoms with E-state index in [4.69, 9.17) is 0 Å².